The van der Waals surface area contributed by atoms with E-state index >= 15 is 0 Å². The summed E-state index contributed by atoms with van der Waals surface area (Å²) >= 11 is 0. The smallest absolute Gasteiger partial charge is 0.148 e. The van der Waals surface area contributed by atoms with E-state index in [9.17, 15) is 0 Å². The molecule has 18 heavy (non-hydrogen) atoms. The maximum absolute atomic E-state index is 5.36. The van der Waals surface area contributed by atoms with Gasteiger partial charge in [0.2, 0.25) is 0 Å². The van der Waals surface area contributed by atoms with Gasteiger partial charge in [-0.2, -0.15) is 0 Å². The van der Waals surface area contributed by atoms with Crippen LogP contribution in [0.3, 0.4) is 0 Å². The first-order chi connectivity index (χ1) is 8.63. The second-order valence-electron chi connectivity index (χ2n) is 4.40. The molecule has 0 amide bonds. The summed E-state index contributed by atoms with van der Waals surface area (Å²) in [4.78, 5) is 4.57. The van der Waals surface area contributed by atoms with Gasteiger partial charge in [0.1, 0.15) is 22.8 Å². The molecule has 0 saturated carbocycles. The molecule has 0 unspecified atom stereocenters. The Balaban J connectivity index is 2.54. The number of benzene rings is 1. The van der Waals surface area contributed by atoms with Crippen LogP contribution in [-0.4, -0.2) is 25.2 Å². The zero-order valence-electron chi connectivity index (χ0n) is 11.2. The van der Waals surface area contributed by atoms with Gasteiger partial charge >= 0.3 is 0 Å². The van der Waals surface area contributed by atoms with Gasteiger partial charge in [0, 0.05) is 17.5 Å². The fourth-order valence-electron chi connectivity index (χ4n) is 1.83. The van der Waals surface area contributed by atoms with E-state index in [2.05, 4.69) is 24.1 Å². The van der Waals surface area contributed by atoms with Gasteiger partial charge in [-0.15, -0.1) is 0 Å². The Morgan fingerprint density at radius 3 is 2.50 bits per heavy atom. The Bertz CT molecular complexity index is 553. The van der Waals surface area contributed by atoms with Crippen molar-refractivity contribution < 1.29 is 9.47 Å². The number of fused-ring (bicyclic) bond motifs is 1. The maximum Gasteiger partial charge on any atom is 0.148 e. The highest BCUT2D eigenvalue weighted by Gasteiger charge is 2.08. The normalized spacial score (nSPS) is 10.7. The molecular weight excluding hydrogens is 228 g/mol. The third kappa shape index (κ3) is 2.47. The van der Waals surface area contributed by atoms with E-state index in [1.54, 1.807) is 14.2 Å². The second kappa shape index (κ2) is 5.12. The SMILES string of the molecule is COc1cc(OC)c2nc(NC(C)C)ccc2c1. The molecule has 1 heterocycles. The second-order valence-corrected chi connectivity index (χ2v) is 4.40. The number of anilines is 1. The number of nitrogens with zero attached hydrogens (tertiary/aromatic N) is 1. The minimum atomic E-state index is 0.346. The highest BCUT2D eigenvalue weighted by Crippen LogP contribution is 2.30. The standard InChI is InChI=1S/C14H18N2O2/c1-9(2)15-13-6-5-10-7-11(17-3)8-12(18-4)14(10)16-13/h5-9H,1-4H3,(H,15,16). The highest BCUT2D eigenvalue weighted by molar-refractivity contribution is 5.87. The van der Waals surface area contributed by atoms with E-state index in [0.29, 0.717) is 6.04 Å². The predicted octanol–water partition coefficient (Wildman–Crippen LogP) is 3.07. The highest BCUT2D eigenvalue weighted by atomic mass is 16.5. The van der Waals surface area contributed by atoms with Crippen molar-refractivity contribution in [2.24, 2.45) is 0 Å². The molecule has 96 valence electrons. The van der Waals surface area contributed by atoms with Crippen molar-refractivity contribution in [1.29, 1.82) is 0 Å². The Kier molecular flexibility index (Phi) is 3.55. The largest absolute Gasteiger partial charge is 0.497 e. The summed E-state index contributed by atoms with van der Waals surface area (Å²) in [5.41, 5.74) is 0.837. The molecule has 0 atom stereocenters. The molecular formula is C14H18N2O2. The molecule has 0 aliphatic carbocycles. The molecule has 4 nitrogen and oxygen atoms in total. The first-order valence-electron chi connectivity index (χ1n) is 5.93. The van der Waals surface area contributed by atoms with Crippen LogP contribution < -0.4 is 14.8 Å². The average Bonchev–Trinajstić information content (AvgIpc) is 2.36. The number of pyridine rings is 1. The van der Waals surface area contributed by atoms with Crippen molar-refractivity contribution >= 4 is 16.7 Å². The lowest BCUT2D eigenvalue weighted by Gasteiger charge is -2.12. The number of hydrogen-bond acceptors (Lipinski definition) is 4. The van der Waals surface area contributed by atoms with Gasteiger partial charge in [0.05, 0.1) is 14.2 Å². The molecule has 4 heteroatoms. The average molecular weight is 246 g/mol. The molecule has 0 aliphatic rings. The fraction of sp³-hybridized carbons (Fsp3) is 0.357. The van der Waals surface area contributed by atoms with Crippen molar-refractivity contribution in [3.05, 3.63) is 24.3 Å². The number of hydrogen-bond donors (Lipinski definition) is 1. The Labute approximate surface area is 107 Å². The molecule has 2 aromatic rings. The van der Waals surface area contributed by atoms with E-state index in [4.69, 9.17) is 9.47 Å². The van der Waals surface area contributed by atoms with E-state index in [1.807, 2.05) is 24.3 Å². The lowest BCUT2D eigenvalue weighted by molar-refractivity contribution is 0.397. The van der Waals surface area contributed by atoms with Crippen LogP contribution in [0.15, 0.2) is 24.3 Å². The lowest BCUT2D eigenvalue weighted by Crippen LogP contribution is -2.10. The first kappa shape index (κ1) is 12.5. The summed E-state index contributed by atoms with van der Waals surface area (Å²) in [5, 5.41) is 4.28. The van der Waals surface area contributed by atoms with Crippen LogP contribution in [0.25, 0.3) is 10.9 Å². The summed E-state index contributed by atoms with van der Waals surface area (Å²) in [6, 6.07) is 8.11. The quantitative estimate of drug-likeness (QED) is 0.900. The molecule has 1 aromatic carbocycles. The third-order valence-electron chi connectivity index (χ3n) is 2.62. The van der Waals surface area contributed by atoms with Crippen molar-refractivity contribution in [3.8, 4) is 11.5 Å². The van der Waals surface area contributed by atoms with Crippen LogP contribution in [0.1, 0.15) is 13.8 Å². The summed E-state index contributed by atoms with van der Waals surface area (Å²) in [6.45, 7) is 4.16. The van der Waals surface area contributed by atoms with Crippen LogP contribution in [0.2, 0.25) is 0 Å². The van der Waals surface area contributed by atoms with Gasteiger partial charge in [0.25, 0.3) is 0 Å². The molecule has 1 N–H and O–H groups in total. The molecule has 0 radical (unpaired) electrons. The lowest BCUT2D eigenvalue weighted by atomic mass is 10.2. The van der Waals surface area contributed by atoms with E-state index in [-0.39, 0.29) is 0 Å². The van der Waals surface area contributed by atoms with Gasteiger partial charge in [-0.05, 0) is 32.0 Å². The molecule has 0 saturated heterocycles. The van der Waals surface area contributed by atoms with Gasteiger partial charge in [-0.3, -0.25) is 0 Å². The predicted molar refractivity (Wildman–Crippen MR) is 73.6 cm³/mol. The number of methoxy groups -OCH3 is 2. The topological polar surface area (TPSA) is 43.4 Å². The fourth-order valence-corrected chi connectivity index (χ4v) is 1.83. The van der Waals surface area contributed by atoms with Crippen molar-refractivity contribution in [3.63, 3.8) is 0 Å². The Hall–Kier alpha value is -1.97. The Morgan fingerprint density at radius 2 is 1.89 bits per heavy atom. The van der Waals surface area contributed by atoms with E-state index < -0.39 is 0 Å². The van der Waals surface area contributed by atoms with Gasteiger partial charge in [-0.25, -0.2) is 4.98 Å². The minimum Gasteiger partial charge on any atom is -0.497 e. The van der Waals surface area contributed by atoms with Crippen LogP contribution in [0, 0.1) is 0 Å². The molecule has 2 rings (SSSR count). The number of aromatic nitrogens is 1. The Morgan fingerprint density at radius 1 is 1.11 bits per heavy atom. The van der Waals surface area contributed by atoms with Gasteiger partial charge in [0.15, 0.2) is 0 Å². The molecule has 0 fully saturated rings. The summed E-state index contributed by atoms with van der Waals surface area (Å²) in [7, 11) is 3.28. The van der Waals surface area contributed by atoms with Gasteiger partial charge in [-0.1, -0.05) is 0 Å². The van der Waals surface area contributed by atoms with Crippen LogP contribution in [0.5, 0.6) is 11.5 Å². The summed E-state index contributed by atoms with van der Waals surface area (Å²) in [5.74, 6) is 2.34. The maximum atomic E-state index is 5.36. The van der Waals surface area contributed by atoms with Crippen LogP contribution in [0.4, 0.5) is 5.82 Å². The summed E-state index contributed by atoms with van der Waals surface area (Å²) < 4.78 is 10.6. The monoisotopic (exact) mass is 246 g/mol. The molecule has 1 aromatic heterocycles. The molecule has 0 bridgehead atoms. The number of ether oxygens (including phenoxy) is 2. The zero-order valence-corrected chi connectivity index (χ0v) is 11.2. The van der Waals surface area contributed by atoms with Crippen molar-refractivity contribution in [2.75, 3.05) is 19.5 Å². The van der Waals surface area contributed by atoms with Crippen molar-refractivity contribution in [2.45, 2.75) is 19.9 Å². The zero-order chi connectivity index (χ0) is 13.1. The van der Waals surface area contributed by atoms with E-state index in [0.717, 1.165) is 28.2 Å². The first-order valence-corrected chi connectivity index (χ1v) is 5.93. The number of nitrogens with one attached hydrogen (secondary N) is 1. The molecule has 0 spiro atoms. The minimum absolute atomic E-state index is 0.346. The van der Waals surface area contributed by atoms with Gasteiger partial charge < -0.3 is 14.8 Å². The molecule has 0 aliphatic heterocycles. The summed E-state index contributed by atoms with van der Waals surface area (Å²) in [6.07, 6.45) is 0. The van der Waals surface area contributed by atoms with Crippen molar-refractivity contribution in [1.82, 2.24) is 4.98 Å². The van der Waals surface area contributed by atoms with Crippen LogP contribution in [-0.2, 0) is 0 Å². The number of rotatable bonds is 4. The van der Waals surface area contributed by atoms with Crippen LogP contribution >= 0.6 is 0 Å². The van der Waals surface area contributed by atoms with E-state index in [1.165, 1.54) is 0 Å². The third-order valence-corrected chi connectivity index (χ3v) is 2.62.